The quantitative estimate of drug-likeness (QED) is 0.644. The molecule has 0 bridgehead atoms. The molecule has 2 heterocycles. The van der Waals surface area contributed by atoms with Crippen molar-refractivity contribution in [3.8, 4) is 0 Å². The van der Waals surface area contributed by atoms with Crippen molar-refractivity contribution in [3.63, 3.8) is 0 Å². The van der Waals surface area contributed by atoms with Gasteiger partial charge in [0.15, 0.2) is 6.61 Å². The Hall–Kier alpha value is -2.96. The smallest absolute Gasteiger partial charge is 0.340 e. The van der Waals surface area contributed by atoms with Crippen LogP contribution in [0.4, 0.5) is 0 Å². The SMILES string of the molecule is CCOC(=O)c1c(C)[nH]c(C(=O)COC(=O)c2cccnc2)c1C. The number of ketones is 1. The number of esters is 2. The van der Waals surface area contributed by atoms with Crippen LogP contribution in [0, 0.1) is 13.8 Å². The molecule has 0 saturated heterocycles. The van der Waals surface area contributed by atoms with Crippen LogP contribution in [0.2, 0.25) is 0 Å². The van der Waals surface area contributed by atoms with Gasteiger partial charge in [0.1, 0.15) is 0 Å². The van der Waals surface area contributed by atoms with Gasteiger partial charge < -0.3 is 14.5 Å². The number of hydrogen-bond donors (Lipinski definition) is 1. The van der Waals surface area contributed by atoms with E-state index >= 15 is 0 Å². The molecule has 0 amide bonds. The molecule has 2 aromatic rings. The summed E-state index contributed by atoms with van der Waals surface area (Å²) in [6.45, 7) is 4.84. The van der Waals surface area contributed by atoms with Gasteiger partial charge in [-0.15, -0.1) is 0 Å². The number of aryl methyl sites for hydroxylation is 1. The second-order valence-corrected chi connectivity index (χ2v) is 5.09. The number of pyridine rings is 1. The van der Waals surface area contributed by atoms with Crippen LogP contribution >= 0.6 is 0 Å². The average molecular weight is 330 g/mol. The zero-order valence-corrected chi connectivity index (χ0v) is 13.7. The minimum atomic E-state index is -0.636. The number of hydrogen-bond acceptors (Lipinski definition) is 6. The van der Waals surface area contributed by atoms with Crippen molar-refractivity contribution in [1.29, 1.82) is 0 Å². The Bertz CT molecular complexity index is 765. The second kappa shape index (κ2) is 7.54. The van der Waals surface area contributed by atoms with Crippen molar-refractivity contribution in [2.75, 3.05) is 13.2 Å². The third-order valence-corrected chi connectivity index (χ3v) is 3.43. The summed E-state index contributed by atoms with van der Waals surface area (Å²) in [5.74, 6) is -1.55. The highest BCUT2D eigenvalue weighted by molar-refractivity contribution is 6.03. The van der Waals surface area contributed by atoms with E-state index < -0.39 is 24.3 Å². The highest BCUT2D eigenvalue weighted by Gasteiger charge is 2.23. The highest BCUT2D eigenvalue weighted by atomic mass is 16.5. The molecule has 7 nitrogen and oxygen atoms in total. The summed E-state index contributed by atoms with van der Waals surface area (Å²) < 4.78 is 9.97. The van der Waals surface area contributed by atoms with Gasteiger partial charge in [-0.2, -0.15) is 0 Å². The van der Waals surface area contributed by atoms with E-state index in [1.165, 1.54) is 12.4 Å². The first-order chi connectivity index (χ1) is 11.5. The molecule has 0 saturated carbocycles. The molecule has 126 valence electrons. The lowest BCUT2D eigenvalue weighted by molar-refractivity contribution is 0.0471. The fourth-order valence-electron chi connectivity index (χ4n) is 2.31. The Balaban J connectivity index is 2.09. The lowest BCUT2D eigenvalue weighted by Crippen LogP contribution is -2.15. The standard InChI is InChI=1S/C17H18N2O5/c1-4-23-17(22)14-10(2)15(19-11(14)3)13(20)9-24-16(21)12-6-5-7-18-8-12/h5-8,19H,4,9H2,1-3H3. The maximum Gasteiger partial charge on any atom is 0.340 e. The van der Waals surface area contributed by atoms with Crippen LogP contribution in [0.5, 0.6) is 0 Å². The van der Waals surface area contributed by atoms with Crippen LogP contribution in [0.15, 0.2) is 24.5 Å². The van der Waals surface area contributed by atoms with Gasteiger partial charge in [-0.25, -0.2) is 9.59 Å². The third-order valence-electron chi connectivity index (χ3n) is 3.43. The van der Waals surface area contributed by atoms with Crippen molar-refractivity contribution in [3.05, 3.63) is 52.6 Å². The summed E-state index contributed by atoms with van der Waals surface area (Å²) in [6.07, 6.45) is 2.89. The molecule has 1 N–H and O–H groups in total. The van der Waals surface area contributed by atoms with Crippen molar-refractivity contribution in [2.24, 2.45) is 0 Å². The zero-order valence-electron chi connectivity index (χ0n) is 13.7. The van der Waals surface area contributed by atoms with Crippen molar-refractivity contribution < 1.29 is 23.9 Å². The molecule has 7 heteroatoms. The van der Waals surface area contributed by atoms with Crippen molar-refractivity contribution >= 4 is 17.7 Å². The summed E-state index contributed by atoms with van der Waals surface area (Å²) in [5.41, 5.74) is 1.84. The molecular weight excluding hydrogens is 312 g/mol. The van der Waals surface area contributed by atoms with Gasteiger partial charge in [0, 0.05) is 18.1 Å². The molecule has 0 fully saturated rings. The minimum Gasteiger partial charge on any atom is -0.462 e. The van der Waals surface area contributed by atoms with Crippen LogP contribution in [-0.4, -0.2) is 40.9 Å². The molecule has 0 spiro atoms. The zero-order chi connectivity index (χ0) is 17.7. The molecule has 2 aromatic heterocycles. The van der Waals surface area contributed by atoms with Gasteiger partial charge in [0.05, 0.1) is 23.4 Å². The first-order valence-corrected chi connectivity index (χ1v) is 7.42. The van der Waals surface area contributed by atoms with Gasteiger partial charge in [-0.1, -0.05) is 0 Å². The fourth-order valence-corrected chi connectivity index (χ4v) is 2.31. The maximum atomic E-state index is 12.3. The van der Waals surface area contributed by atoms with Crippen LogP contribution in [-0.2, 0) is 9.47 Å². The Morgan fingerprint density at radius 2 is 1.92 bits per heavy atom. The summed E-state index contributed by atoms with van der Waals surface area (Å²) in [4.78, 5) is 42.7. The number of aromatic amines is 1. The number of Topliss-reactive ketones (excluding diaryl/α,β-unsaturated/α-hetero) is 1. The maximum absolute atomic E-state index is 12.3. The average Bonchev–Trinajstić information content (AvgIpc) is 2.88. The van der Waals surface area contributed by atoms with E-state index in [0.717, 1.165) is 0 Å². The predicted octanol–water partition coefficient (Wildman–Crippen LogP) is 2.24. The normalized spacial score (nSPS) is 10.3. The molecular formula is C17H18N2O5. The molecule has 0 atom stereocenters. The lowest BCUT2D eigenvalue weighted by atomic mass is 10.1. The Labute approximate surface area is 139 Å². The van der Waals surface area contributed by atoms with Gasteiger partial charge in [-0.05, 0) is 38.5 Å². The van der Waals surface area contributed by atoms with E-state index in [4.69, 9.17) is 9.47 Å². The van der Waals surface area contributed by atoms with Gasteiger partial charge in [-0.3, -0.25) is 9.78 Å². The van der Waals surface area contributed by atoms with E-state index in [1.54, 1.807) is 32.9 Å². The molecule has 0 aromatic carbocycles. The monoisotopic (exact) mass is 330 g/mol. The Morgan fingerprint density at radius 3 is 2.54 bits per heavy atom. The van der Waals surface area contributed by atoms with Crippen LogP contribution in [0.1, 0.15) is 49.4 Å². The van der Waals surface area contributed by atoms with Gasteiger partial charge >= 0.3 is 11.9 Å². The second-order valence-electron chi connectivity index (χ2n) is 5.09. The van der Waals surface area contributed by atoms with Crippen LogP contribution in [0.25, 0.3) is 0 Å². The van der Waals surface area contributed by atoms with E-state index in [-0.39, 0.29) is 17.9 Å². The summed E-state index contributed by atoms with van der Waals surface area (Å²) in [7, 11) is 0. The lowest BCUT2D eigenvalue weighted by Gasteiger charge is -2.04. The molecule has 0 aliphatic heterocycles. The predicted molar refractivity (Wildman–Crippen MR) is 85.1 cm³/mol. The van der Waals surface area contributed by atoms with Crippen molar-refractivity contribution in [1.82, 2.24) is 9.97 Å². The van der Waals surface area contributed by atoms with Crippen LogP contribution in [0.3, 0.4) is 0 Å². The van der Waals surface area contributed by atoms with E-state index in [2.05, 4.69) is 9.97 Å². The number of H-pyrrole nitrogens is 1. The number of carbonyl (C=O) groups is 3. The third kappa shape index (κ3) is 3.68. The Morgan fingerprint density at radius 1 is 1.17 bits per heavy atom. The first kappa shape index (κ1) is 17.4. The van der Waals surface area contributed by atoms with Gasteiger partial charge in [0.25, 0.3) is 0 Å². The summed E-state index contributed by atoms with van der Waals surface area (Å²) >= 11 is 0. The molecule has 0 unspecified atom stereocenters. The van der Waals surface area contributed by atoms with Crippen LogP contribution < -0.4 is 0 Å². The molecule has 2 rings (SSSR count). The number of nitrogens with one attached hydrogen (secondary N) is 1. The fraction of sp³-hybridized carbons (Fsp3) is 0.294. The summed E-state index contributed by atoms with van der Waals surface area (Å²) in [5, 5.41) is 0. The molecule has 24 heavy (non-hydrogen) atoms. The number of carbonyl (C=O) groups excluding carboxylic acids is 3. The van der Waals surface area contributed by atoms with Crippen molar-refractivity contribution in [2.45, 2.75) is 20.8 Å². The largest absolute Gasteiger partial charge is 0.462 e. The summed E-state index contributed by atoms with van der Waals surface area (Å²) in [6, 6.07) is 3.14. The van der Waals surface area contributed by atoms with E-state index in [1.807, 2.05) is 0 Å². The molecule has 0 aliphatic rings. The highest BCUT2D eigenvalue weighted by Crippen LogP contribution is 2.19. The number of ether oxygens (including phenoxy) is 2. The molecule has 0 radical (unpaired) electrons. The van der Waals surface area contributed by atoms with E-state index in [0.29, 0.717) is 16.8 Å². The van der Waals surface area contributed by atoms with E-state index in [9.17, 15) is 14.4 Å². The first-order valence-electron chi connectivity index (χ1n) is 7.42. The number of rotatable bonds is 6. The minimum absolute atomic E-state index is 0.231. The molecule has 0 aliphatic carbocycles. The number of nitrogens with zero attached hydrogens (tertiary/aromatic N) is 1. The Kier molecular flexibility index (Phi) is 5.47. The number of aromatic nitrogens is 2. The van der Waals surface area contributed by atoms with Gasteiger partial charge in [0.2, 0.25) is 5.78 Å². The topological polar surface area (TPSA) is 98.4 Å².